The van der Waals surface area contributed by atoms with Crippen molar-refractivity contribution in [3.63, 3.8) is 0 Å². The van der Waals surface area contributed by atoms with Gasteiger partial charge in [0.25, 0.3) is 0 Å². The number of benzene rings is 4. The van der Waals surface area contributed by atoms with Gasteiger partial charge in [-0.05, 0) is 40.5 Å². The van der Waals surface area contributed by atoms with Crippen molar-refractivity contribution in [3.8, 4) is 0 Å². The molecule has 0 saturated carbocycles. The SMILES string of the molecule is O=C(COC(=O)c1cccc(N2C(=O)[C@@H]3C4c5ccccc5C(Br)(c5ccccc54)[C@@H]3C2=O)c1)c1ccccc1. The largest absolute Gasteiger partial charge is 0.454 e. The van der Waals surface area contributed by atoms with E-state index in [2.05, 4.69) is 15.9 Å². The molecule has 40 heavy (non-hydrogen) atoms. The second kappa shape index (κ2) is 9.10. The molecule has 1 aliphatic heterocycles. The molecule has 1 heterocycles. The number of hydrogen-bond donors (Lipinski definition) is 0. The van der Waals surface area contributed by atoms with E-state index >= 15 is 0 Å². The van der Waals surface area contributed by atoms with Crippen LogP contribution in [0.5, 0.6) is 0 Å². The lowest BCUT2D eigenvalue weighted by atomic mass is 9.55. The zero-order valence-corrected chi connectivity index (χ0v) is 22.7. The maximum Gasteiger partial charge on any atom is 0.338 e. The summed E-state index contributed by atoms with van der Waals surface area (Å²) in [7, 11) is 0. The van der Waals surface area contributed by atoms with E-state index in [1.165, 1.54) is 17.0 Å². The smallest absolute Gasteiger partial charge is 0.338 e. The number of ketones is 1. The number of alkyl halides is 1. The fraction of sp³-hybridized carbons (Fsp3) is 0.152. The highest BCUT2D eigenvalue weighted by molar-refractivity contribution is 9.09. The molecule has 7 heteroatoms. The zero-order valence-electron chi connectivity index (χ0n) is 21.1. The highest BCUT2D eigenvalue weighted by atomic mass is 79.9. The number of hydrogen-bond acceptors (Lipinski definition) is 5. The number of carbonyl (C=O) groups excluding carboxylic acids is 4. The number of imide groups is 1. The molecule has 1 saturated heterocycles. The van der Waals surface area contributed by atoms with Crippen molar-refractivity contribution < 1.29 is 23.9 Å². The minimum Gasteiger partial charge on any atom is -0.454 e. The molecule has 2 bridgehead atoms. The molecular weight excluding hydrogens is 570 g/mol. The average molecular weight is 592 g/mol. The Morgan fingerprint density at radius 3 is 2.02 bits per heavy atom. The van der Waals surface area contributed by atoms with Gasteiger partial charge in [0.1, 0.15) is 0 Å². The molecule has 4 aliphatic rings. The van der Waals surface area contributed by atoms with Crippen LogP contribution < -0.4 is 4.90 Å². The highest BCUT2D eigenvalue weighted by Gasteiger charge is 2.67. The molecule has 2 atom stereocenters. The molecule has 196 valence electrons. The van der Waals surface area contributed by atoms with Gasteiger partial charge in [0.15, 0.2) is 12.4 Å². The number of Topliss-reactive ketones (excluding diaryl/α,β-unsaturated/α-hetero) is 1. The van der Waals surface area contributed by atoms with E-state index in [0.29, 0.717) is 11.3 Å². The van der Waals surface area contributed by atoms with Gasteiger partial charge in [-0.3, -0.25) is 14.4 Å². The van der Waals surface area contributed by atoms with Crippen LogP contribution in [0.4, 0.5) is 5.69 Å². The quantitative estimate of drug-likeness (QED) is 0.130. The first-order valence-corrected chi connectivity index (χ1v) is 13.8. The van der Waals surface area contributed by atoms with Crippen LogP contribution in [-0.4, -0.2) is 30.2 Å². The van der Waals surface area contributed by atoms with Crippen LogP contribution in [0.25, 0.3) is 0 Å². The second-order valence-corrected chi connectivity index (χ2v) is 11.5. The molecule has 3 aliphatic carbocycles. The molecule has 4 aromatic rings. The van der Waals surface area contributed by atoms with Gasteiger partial charge in [-0.25, -0.2) is 9.69 Å². The van der Waals surface area contributed by atoms with Crippen LogP contribution in [0.15, 0.2) is 103 Å². The Hall–Kier alpha value is -4.36. The molecule has 6 nitrogen and oxygen atoms in total. The van der Waals surface area contributed by atoms with Crippen LogP contribution in [0, 0.1) is 11.8 Å². The third-order valence-corrected chi connectivity index (χ3v) is 9.63. The minimum absolute atomic E-state index is 0.150. The summed E-state index contributed by atoms with van der Waals surface area (Å²) in [5, 5.41) is 0. The summed E-state index contributed by atoms with van der Waals surface area (Å²) in [4.78, 5) is 54.7. The summed E-state index contributed by atoms with van der Waals surface area (Å²) in [5.74, 6) is -3.13. The lowest BCUT2D eigenvalue weighted by Crippen LogP contribution is -2.50. The first-order chi connectivity index (χ1) is 19.4. The Balaban J connectivity index is 1.22. The number of esters is 1. The summed E-state index contributed by atoms with van der Waals surface area (Å²) in [6.07, 6.45) is 0. The molecule has 0 unspecified atom stereocenters. The maximum atomic E-state index is 14.1. The van der Waals surface area contributed by atoms with Crippen molar-refractivity contribution in [2.45, 2.75) is 10.2 Å². The first kappa shape index (κ1) is 24.7. The van der Waals surface area contributed by atoms with Crippen molar-refractivity contribution in [1.82, 2.24) is 0 Å². The molecule has 0 spiro atoms. The number of nitrogens with zero attached hydrogens (tertiary/aromatic N) is 1. The Morgan fingerprint density at radius 1 is 0.750 bits per heavy atom. The number of ether oxygens (including phenoxy) is 1. The second-order valence-electron chi connectivity index (χ2n) is 10.3. The van der Waals surface area contributed by atoms with Crippen molar-refractivity contribution in [2.75, 3.05) is 11.5 Å². The number of amides is 2. The lowest BCUT2D eigenvalue weighted by molar-refractivity contribution is -0.122. The van der Waals surface area contributed by atoms with E-state index in [-0.39, 0.29) is 29.1 Å². The summed E-state index contributed by atoms with van der Waals surface area (Å²) in [6, 6.07) is 30.8. The van der Waals surface area contributed by atoms with Crippen LogP contribution in [-0.2, 0) is 18.7 Å². The van der Waals surface area contributed by atoms with Crippen LogP contribution in [0.1, 0.15) is 48.9 Å². The van der Waals surface area contributed by atoms with Gasteiger partial charge in [0, 0.05) is 11.5 Å². The van der Waals surface area contributed by atoms with Gasteiger partial charge >= 0.3 is 5.97 Å². The van der Waals surface area contributed by atoms with E-state index < -0.39 is 28.7 Å². The fourth-order valence-electron chi connectivity index (χ4n) is 6.63. The van der Waals surface area contributed by atoms with E-state index in [1.807, 2.05) is 48.5 Å². The molecular formula is C33H22BrNO5. The maximum absolute atomic E-state index is 14.1. The van der Waals surface area contributed by atoms with E-state index in [0.717, 1.165) is 22.3 Å². The standard InChI is InChI=1S/C33H22BrNO5/c34-33-24-15-6-4-13-22(24)27(23-14-5-7-16-25(23)33)28-29(33)31(38)35(30(28)37)21-12-8-11-20(17-21)32(39)40-18-26(36)19-9-2-1-3-10-19/h1-17,27-29H,18H2/t27?,28-,29+,33?/m1/s1. The lowest BCUT2D eigenvalue weighted by Gasteiger charge is -2.51. The topological polar surface area (TPSA) is 80.8 Å². The fourth-order valence-corrected chi connectivity index (χ4v) is 7.83. The number of halogens is 1. The summed E-state index contributed by atoms with van der Waals surface area (Å²) in [5.41, 5.74) is 4.99. The van der Waals surface area contributed by atoms with Gasteiger partial charge in [-0.15, -0.1) is 0 Å². The van der Waals surface area contributed by atoms with Gasteiger partial charge in [0.2, 0.25) is 11.8 Å². The highest BCUT2D eigenvalue weighted by Crippen LogP contribution is 2.66. The normalized spacial score (nSPS) is 23.8. The van der Waals surface area contributed by atoms with Crippen LogP contribution in [0.2, 0.25) is 0 Å². The Kier molecular flexibility index (Phi) is 5.61. The molecule has 0 N–H and O–H groups in total. The van der Waals surface area contributed by atoms with Crippen molar-refractivity contribution >= 4 is 45.2 Å². The van der Waals surface area contributed by atoms with E-state index in [1.54, 1.807) is 42.5 Å². The van der Waals surface area contributed by atoms with Crippen molar-refractivity contribution in [3.05, 3.63) is 137 Å². The number of carbonyl (C=O) groups is 4. The molecule has 8 rings (SSSR count). The molecule has 1 fully saturated rings. The predicted molar refractivity (Wildman–Crippen MR) is 151 cm³/mol. The molecule has 0 aromatic heterocycles. The first-order valence-electron chi connectivity index (χ1n) is 13.0. The Labute approximate surface area is 238 Å². The minimum atomic E-state index is -0.852. The summed E-state index contributed by atoms with van der Waals surface area (Å²) < 4.78 is 4.42. The third kappa shape index (κ3) is 3.40. The Morgan fingerprint density at radius 2 is 1.35 bits per heavy atom. The van der Waals surface area contributed by atoms with Crippen LogP contribution >= 0.6 is 15.9 Å². The third-order valence-electron chi connectivity index (χ3n) is 8.28. The zero-order chi connectivity index (χ0) is 27.6. The van der Waals surface area contributed by atoms with Gasteiger partial charge in [-0.2, -0.15) is 0 Å². The predicted octanol–water partition coefficient (Wildman–Crippen LogP) is 5.63. The van der Waals surface area contributed by atoms with Crippen LogP contribution in [0.3, 0.4) is 0 Å². The van der Waals surface area contributed by atoms with Gasteiger partial charge < -0.3 is 4.74 Å². The van der Waals surface area contributed by atoms with Crippen molar-refractivity contribution in [1.29, 1.82) is 0 Å². The molecule has 0 radical (unpaired) electrons. The van der Waals surface area contributed by atoms with Crippen molar-refractivity contribution in [2.24, 2.45) is 11.8 Å². The Bertz CT molecular complexity index is 1680. The number of anilines is 1. The van der Waals surface area contributed by atoms with E-state index in [9.17, 15) is 19.2 Å². The monoisotopic (exact) mass is 591 g/mol. The van der Waals surface area contributed by atoms with E-state index in [4.69, 9.17) is 4.74 Å². The molecule has 4 aromatic carbocycles. The van der Waals surface area contributed by atoms with Gasteiger partial charge in [-0.1, -0.05) is 101 Å². The van der Waals surface area contributed by atoms with Gasteiger partial charge in [0.05, 0.1) is 27.4 Å². The summed E-state index contributed by atoms with van der Waals surface area (Å²) >= 11 is 3.99. The molecule has 2 amide bonds. The number of rotatable bonds is 5. The average Bonchev–Trinajstić information content (AvgIpc) is 3.27. The summed E-state index contributed by atoms with van der Waals surface area (Å²) in [6.45, 7) is -0.414.